The maximum atomic E-state index is 12.5. The lowest BCUT2D eigenvalue weighted by atomic mass is 10.1. The monoisotopic (exact) mass is 524 g/mol. The topological polar surface area (TPSA) is 127 Å². The zero-order valence-electron chi connectivity index (χ0n) is 20.3. The van der Waals surface area contributed by atoms with E-state index >= 15 is 0 Å². The van der Waals surface area contributed by atoms with Crippen LogP contribution >= 0.6 is 0 Å². The van der Waals surface area contributed by atoms with Crippen molar-refractivity contribution in [1.29, 1.82) is 0 Å². The summed E-state index contributed by atoms with van der Waals surface area (Å²) in [6.45, 7) is 2.60. The average Bonchev–Trinajstić information content (AvgIpc) is 3.29. The molecule has 0 amide bonds. The lowest BCUT2D eigenvalue weighted by Crippen LogP contribution is -2.03. The number of aromatic hydroxyl groups is 2. The SMILES string of the molecule is C.CC(=O)Oc1ccc2c(c1)C(=O)c1cc(OC(C)=O)ccc1-2.O=C1c2cc(O)ccc2-c2ccc(O)cc21. The summed E-state index contributed by atoms with van der Waals surface area (Å²) in [5.41, 5.74) is 5.05. The van der Waals surface area contributed by atoms with Gasteiger partial charge in [-0.15, -0.1) is 0 Å². The van der Waals surface area contributed by atoms with Gasteiger partial charge in [0.15, 0.2) is 11.6 Å². The Labute approximate surface area is 224 Å². The average molecular weight is 525 g/mol. The number of rotatable bonds is 2. The molecule has 0 bridgehead atoms. The Morgan fingerprint density at radius 2 is 0.821 bits per heavy atom. The maximum absolute atomic E-state index is 12.5. The molecule has 2 aliphatic rings. The first kappa shape index (κ1) is 26.8. The number of carbonyl (C=O) groups excluding carboxylic acids is 4. The molecule has 0 radical (unpaired) electrons. The van der Waals surface area contributed by atoms with E-state index in [1.807, 2.05) is 0 Å². The second-order valence-corrected chi connectivity index (χ2v) is 8.72. The summed E-state index contributed by atoms with van der Waals surface area (Å²) in [6.07, 6.45) is 0. The van der Waals surface area contributed by atoms with E-state index in [4.69, 9.17) is 9.47 Å². The third-order valence-electron chi connectivity index (χ3n) is 6.07. The number of fused-ring (bicyclic) bond motifs is 6. The van der Waals surface area contributed by atoms with Gasteiger partial charge in [0.05, 0.1) is 0 Å². The molecule has 4 aromatic rings. The molecule has 0 spiro atoms. The summed E-state index contributed by atoms with van der Waals surface area (Å²) in [5, 5.41) is 18.7. The van der Waals surface area contributed by atoms with E-state index in [-0.39, 0.29) is 30.5 Å². The molecule has 0 aliphatic heterocycles. The first-order chi connectivity index (χ1) is 18.1. The largest absolute Gasteiger partial charge is 0.508 e. The van der Waals surface area contributed by atoms with Gasteiger partial charge < -0.3 is 19.7 Å². The number of hydrogen-bond acceptors (Lipinski definition) is 8. The summed E-state index contributed by atoms with van der Waals surface area (Å²) in [4.78, 5) is 46.5. The standard InChI is InChI=1S/C17H12O5.C13H8O3.CH4/c1-9(18)21-11-3-5-13-14-6-4-12(22-10(2)19)8-16(14)17(20)15(13)7-11;14-7-1-3-9-10-4-2-8(15)6-12(10)13(16)11(9)5-7;/h3-8H,1-2H3;1-6,14-15H;1H4. The van der Waals surface area contributed by atoms with Crippen molar-refractivity contribution in [2.24, 2.45) is 0 Å². The van der Waals surface area contributed by atoms with E-state index in [2.05, 4.69) is 0 Å². The van der Waals surface area contributed by atoms with Gasteiger partial charge in [0.2, 0.25) is 0 Å². The highest BCUT2D eigenvalue weighted by atomic mass is 16.5. The third-order valence-corrected chi connectivity index (χ3v) is 6.07. The Morgan fingerprint density at radius 3 is 1.15 bits per heavy atom. The second kappa shape index (κ2) is 10.3. The van der Waals surface area contributed by atoms with Crippen LogP contribution < -0.4 is 9.47 Å². The van der Waals surface area contributed by atoms with Crippen LogP contribution in [0.3, 0.4) is 0 Å². The Bertz CT molecular complexity index is 1560. The molecule has 0 atom stereocenters. The lowest BCUT2D eigenvalue weighted by Gasteiger charge is -2.04. The minimum atomic E-state index is -0.444. The fraction of sp³-hybridized carbons (Fsp3) is 0.0968. The Morgan fingerprint density at radius 1 is 0.513 bits per heavy atom. The minimum Gasteiger partial charge on any atom is -0.508 e. The molecule has 4 aromatic carbocycles. The van der Waals surface area contributed by atoms with Crippen molar-refractivity contribution in [3.8, 4) is 45.3 Å². The van der Waals surface area contributed by atoms with Crippen LogP contribution in [0.25, 0.3) is 22.3 Å². The van der Waals surface area contributed by atoms with Gasteiger partial charge in [-0.2, -0.15) is 0 Å². The smallest absolute Gasteiger partial charge is 0.308 e. The van der Waals surface area contributed by atoms with Crippen LogP contribution in [-0.4, -0.2) is 33.7 Å². The lowest BCUT2D eigenvalue weighted by molar-refractivity contribution is -0.132. The van der Waals surface area contributed by atoms with Crippen molar-refractivity contribution in [3.63, 3.8) is 0 Å². The summed E-state index contributed by atoms with van der Waals surface area (Å²) in [5.74, 6) is -0.432. The zero-order chi connectivity index (χ0) is 27.1. The van der Waals surface area contributed by atoms with Crippen molar-refractivity contribution in [2.45, 2.75) is 21.3 Å². The van der Waals surface area contributed by atoms with Crippen LogP contribution in [0.2, 0.25) is 0 Å². The Kier molecular flexibility index (Phi) is 7.05. The number of phenolic OH excluding ortho intramolecular Hbond substituents is 2. The molecule has 0 saturated carbocycles. The van der Waals surface area contributed by atoms with Crippen molar-refractivity contribution in [3.05, 3.63) is 95.1 Å². The van der Waals surface area contributed by atoms with Crippen LogP contribution in [-0.2, 0) is 9.59 Å². The molecule has 0 fully saturated rings. The highest BCUT2D eigenvalue weighted by Gasteiger charge is 2.28. The first-order valence-electron chi connectivity index (χ1n) is 11.5. The van der Waals surface area contributed by atoms with Gasteiger partial charge in [-0.1, -0.05) is 7.43 Å². The molecule has 0 unspecified atom stereocenters. The van der Waals surface area contributed by atoms with Gasteiger partial charge in [-0.3, -0.25) is 19.2 Å². The molecule has 0 aromatic heterocycles. The molecule has 2 aliphatic carbocycles. The molecular formula is C31H24O8. The van der Waals surface area contributed by atoms with E-state index in [0.29, 0.717) is 33.8 Å². The van der Waals surface area contributed by atoms with E-state index in [0.717, 1.165) is 22.3 Å². The number of carbonyl (C=O) groups is 4. The molecule has 2 N–H and O–H groups in total. The number of esters is 2. The summed E-state index contributed by atoms with van der Waals surface area (Å²) in [7, 11) is 0. The normalized spacial score (nSPS) is 11.6. The third kappa shape index (κ3) is 5.00. The second-order valence-electron chi connectivity index (χ2n) is 8.72. The van der Waals surface area contributed by atoms with Gasteiger partial charge in [-0.25, -0.2) is 0 Å². The summed E-state index contributed by atoms with van der Waals surface area (Å²) < 4.78 is 10.0. The van der Waals surface area contributed by atoms with Crippen LogP contribution in [0.15, 0.2) is 72.8 Å². The highest BCUT2D eigenvalue weighted by Crippen LogP contribution is 2.40. The Hall–Kier alpha value is -5.24. The van der Waals surface area contributed by atoms with E-state index in [9.17, 15) is 29.4 Å². The van der Waals surface area contributed by atoms with Crippen LogP contribution in [0.1, 0.15) is 53.1 Å². The van der Waals surface area contributed by atoms with Gasteiger partial charge >= 0.3 is 11.9 Å². The van der Waals surface area contributed by atoms with Crippen molar-refractivity contribution in [2.75, 3.05) is 0 Å². The van der Waals surface area contributed by atoms with Crippen LogP contribution in [0.4, 0.5) is 0 Å². The van der Waals surface area contributed by atoms with Crippen molar-refractivity contribution >= 4 is 23.5 Å². The fourth-order valence-electron chi connectivity index (χ4n) is 4.55. The van der Waals surface area contributed by atoms with Crippen LogP contribution in [0, 0.1) is 0 Å². The summed E-state index contributed by atoms with van der Waals surface area (Å²) >= 11 is 0. The number of ether oxygens (including phenoxy) is 2. The quantitative estimate of drug-likeness (QED) is 0.218. The molecule has 0 saturated heterocycles. The van der Waals surface area contributed by atoms with Gasteiger partial charge in [0.1, 0.15) is 23.0 Å². The van der Waals surface area contributed by atoms with Crippen LogP contribution in [0.5, 0.6) is 23.0 Å². The fourth-order valence-corrected chi connectivity index (χ4v) is 4.55. The number of benzene rings is 4. The molecular weight excluding hydrogens is 500 g/mol. The van der Waals surface area contributed by atoms with E-state index < -0.39 is 11.9 Å². The predicted octanol–water partition coefficient (Wildman–Crippen LogP) is 5.69. The first-order valence-corrected chi connectivity index (χ1v) is 11.5. The maximum Gasteiger partial charge on any atom is 0.308 e. The zero-order valence-corrected chi connectivity index (χ0v) is 20.3. The minimum absolute atomic E-state index is 0. The van der Waals surface area contributed by atoms with E-state index in [1.54, 1.807) is 60.7 Å². The molecule has 196 valence electrons. The summed E-state index contributed by atoms with van der Waals surface area (Å²) in [6, 6.07) is 19.3. The molecule has 6 rings (SSSR count). The number of ketones is 2. The number of phenols is 2. The molecule has 0 heterocycles. The highest BCUT2D eigenvalue weighted by molar-refractivity contribution is 6.22. The predicted molar refractivity (Wildman–Crippen MR) is 143 cm³/mol. The number of hydrogen-bond donors (Lipinski definition) is 2. The van der Waals surface area contributed by atoms with Gasteiger partial charge in [-0.05, 0) is 95.1 Å². The molecule has 8 heteroatoms. The van der Waals surface area contributed by atoms with Gasteiger partial charge in [0, 0.05) is 36.1 Å². The molecule has 39 heavy (non-hydrogen) atoms. The Balaban J connectivity index is 0.000000184. The van der Waals surface area contributed by atoms with Crippen molar-refractivity contribution < 1.29 is 38.9 Å². The van der Waals surface area contributed by atoms with E-state index in [1.165, 1.54) is 26.0 Å². The molecule has 8 nitrogen and oxygen atoms in total. The van der Waals surface area contributed by atoms with Crippen molar-refractivity contribution in [1.82, 2.24) is 0 Å². The van der Waals surface area contributed by atoms with Gasteiger partial charge in [0.25, 0.3) is 0 Å².